The first-order valence-corrected chi connectivity index (χ1v) is 5.30. The van der Waals surface area contributed by atoms with Crippen LogP contribution in [0.1, 0.15) is 30.8 Å². The molecule has 6 heteroatoms. The molecule has 0 aliphatic carbocycles. The molecule has 0 amide bonds. The van der Waals surface area contributed by atoms with Gasteiger partial charge in [-0.15, -0.1) is 5.10 Å². The van der Waals surface area contributed by atoms with E-state index < -0.39 is 0 Å². The molecule has 0 aliphatic heterocycles. The van der Waals surface area contributed by atoms with Crippen molar-refractivity contribution in [3.05, 3.63) is 23.8 Å². The van der Waals surface area contributed by atoms with Gasteiger partial charge in [0.15, 0.2) is 0 Å². The lowest BCUT2D eigenvalue weighted by atomic mass is 10.2. The van der Waals surface area contributed by atoms with Gasteiger partial charge >= 0.3 is 0 Å². The zero-order valence-electron chi connectivity index (χ0n) is 9.75. The van der Waals surface area contributed by atoms with Gasteiger partial charge in [-0.3, -0.25) is 4.68 Å². The van der Waals surface area contributed by atoms with E-state index in [2.05, 4.69) is 15.4 Å². The predicted octanol–water partition coefficient (Wildman–Crippen LogP) is 0.719. The van der Waals surface area contributed by atoms with E-state index in [0.29, 0.717) is 0 Å². The molecule has 1 unspecified atom stereocenters. The van der Waals surface area contributed by atoms with E-state index >= 15 is 0 Å². The van der Waals surface area contributed by atoms with Crippen molar-refractivity contribution in [2.75, 3.05) is 0 Å². The molecule has 0 radical (unpaired) electrons. The molecular formula is C10H16N6. The highest BCUT2D eigenvalue weighted by Gasteiger charge is 2.11. The highest BCUT2D eigenvalue weighted by atomic mass is 15.4. The quantitative estimate of drug-likeness (QED) is 0.827. The molecule has 2 aromatic rings. The van der Waals surface area contributed by atoms with E-state index in [1.54, 1.807) is 9.36 Å². The van der Waals surface area contributed by atoms with Crippen LogP contribution in [-0.4, -0.2) is 24.8 Å². The SMILES string of the molecule is CCC(N)c1cn(-c2cn(C)nc2C)nn1. The Hall–Kier alpha value is -1.69. The molecule has 2 heterocycles. The summed E-state index contributed by atoms with van der Waals surface area (Å²) in [5.74, 6) is 0. The zero-order chi connectivity index (χ0) is 11.7. The summed E-state index contributed by atoms with van der Waals surface area (Å²) in [4.78, 5) is 0. The molecule has 0 bridgehead atoms. The number of aromatic nitrogens is 5. The number of hydrogen-bond donors (Lipinski definition) is 1. The molecular weight excluding hydrogens is 204 g/mol. The minimum atomic E-state index is -0.0503. The summed E-state index contributed by atoms with van der Waals surface area (Å²) in [6.07, 6.45) is 4.62. The Morgan fingerprint density at radius 3 is 2.75 bits per heavy atom. The lowest BCUT2D eigenvalue weighted by Crippen LogP contribution is -2.08. The van der Waals surface area contributed by atoms with E-state index in [9.17, 15) is 0 Å². The van der Waals surface area contributed by atoms with Crippen LogP contribution >= 0.6 is 0 Å². The summed E-state index contributed by atoms with van der Waals surface area (Å²) in [5.41, 5.74) is 8.56. The van der Waals surface area contributed by atoms with Crippen molar-refractivity contribution in [1.82, 2.24) is 24.8 Å². The van der Waals surface area contributed by atoms with Crippen molar-refractivity contribution in [2.24, 2.45) is 12.8 Å². The Bertz CT molecular complexity index is 483. The number of rotatable bonds is 3. The third kappa shape index (κ3) is 1.83. The molecule has 0 saturated carbocycles. The van der Waals surface area contributed by atoms with Gasteiger partial charge < -0.3 is 5.73 Å². The van der Waals surface area contributed by atoms with E-state index in [-0.39, 0.29) is 6.04 Å². The molecule has 6 nitrogen and oxygen atoms in total. The molecule has 0 saturated heterocycles. The summed E-state index contributed by atoms with van der Waals surface area (Å²) in [7, 11) is 1.88. The first-order chi connectivity index (χ1) is 7.61. The zero-order valence-corrected chi connectivity index (χ0v) is 9.75. The summed E-state index contributed by atoms with van der Waals surface area (Å²) in [6.45, 7) is 3.97. The Morgan fingerprint density at radius 1 is 1.44 bits per heavy atom. The smallest absolute Gasteiger partial charge is 0.107 e. The van der Waals surface area contributed by atoms with Gasteiger partial charge in [-0.05, 0) is 13.3 Å². The van der Waals surface area contributed by atoms with Crippen molar-refractivity contribution in [1.29, 1.82) is 0 Å². The van der Waals surface area contributed by atoms with Crippen molar-refractivity contribution in [2.45, 2.75) is 26.3 Å². The Morgan fingerprint density at radius 2 is 2.19 bits per heavy atom. The Labute approximate surface area is 94.1 Å². The normalized spacial score (nSPS) is 13.0. The third-order valence-electron chi connectivity index (χ3n) is 2.57. The first-order valence-electron chi connectivity index (χ1n) is 5.30. The highest BCUT2D eigenvalue weighted by molar-refractivity contribution is 5.32. The fraction of sp³-hybridized carbons (Fsp3) is 0.500. The molecule has 1 atom stereocenters. The molecule has 0 spiro atoms. The molecule has 16 heavy (non-hydrogen) atoms. The van der Waals surface area contributed by atoms with E-state index in [1.165, 1.54) is 0 Å². The van der Waals surface area contributed by atoms with Crippen LogP contribution in [0, 0.1) is 6.92 Å². The van der Waals surface area contributed by atoms with E-state index in [4.69, 9.17) is 5.73 Å². The average molecular weight is 220 g/mol. The van der Waals surface area contributed by atoms with Gasteiger partial charge in [0.05, 0.1) is 29.8 Å². The number of hydrogen-bond acceptors (Lipinski definition) is 4. The number of nitrogens with two attached hydrogens (primary N) is 1. The monoisotopic (exact) mass is 220 g/mol. The van der Waals surface area contributed by atoms with Crippen molar-refractivity contribution in [3.8, 4) is 5.69 Å². The van der Waals surface area contributed by atoms with Gasteiger partial charge in [0.2, 0.25) is 0 Å². The Kier molecular flexibility index (Phi) is 2.74. The maximum absolute atomic E-state index is 5.89. The summed E-state index contributed by atoms with van der Waals surface area (Å²) >= 11 is 0. The molecule has 2 N–H and O–H groups in total. The van der Waals surface area contributed by atoms with Crippen LogP contribution in [0.4, 0.5) is 0 Å². The lowest BCUT2D eigenvalue weighted by Gasteiger charge is -2.01. The minimum absolute atomic E-state index is 0.0503. The van der Waals surface area contributed by atoms with Crippen molar-refractivity contribution < 1.29 is 0 Å². The van der Waals surface area contributed by atoms with Crippen LogP contribution in [0.2, 0.25) is 0 Å². The fourth-order valence-electron chi connectivity index (χ4n) is 1.59. The highest BCUT2D eigenvalue weighted by Crippen LogP contribution is 2.14. The summed E-state index contributed by atoms with van der Waals surface area (Å²) < 4.78 is 3.47. The van der Waals surface area contributed by atoms with E-state index in [0.717, 1.165) is 23.5 Å². The second-order valence-corrected chi connectivity index (χ2v) is 3.88. The number of nitrogens with zero attached hydrogens (tertiary/aromatic N) is 5. The largest absolute Gasteiger partial charge is 0.323 e. The van der Waals surface area contributed by atoms with Crippen molar-refractivity contribution >= 4 is 0 Å². The van der Waals surface area contributed by atoms with Crippen LogP contribution in [0.3, 0.4) is 0 Å². The first kappa shape index (κ1) is 10.8. The van der Waals surface area contributed by atoms with Crippen LogP contribution in [0.25, 0.3) is 5.69 Å². The van der Waals surface area contributed by atoms with Gasteiger partial charge in [0, 0.05) is 7.05 Å². The summed E-state index contributed by atoms with van der Waals surface area (Å²) in [6, 6.07) is -0.0503. The topological polar surface area (TPSA) is 74.5 Å². The fourth-order valence-corrected chi connectivity index (χ4v) is 1.59. The van der Waals surface area contributed by atoms with Gasteiger partial charge in [0.1, 0.15) is 5.69 Å². The lowest BCUT2D eigenvalue weighted by molar-refractivity contribution is 0.670. The molecule has 0 aromatic carbocycles. The van der Waals surface area contributed by atoms with Gasteiger partial charge in [0.25, 0.3) is 0 Å². The molecule has 86 valence electrons. The third-order valence-corrected chi connectivity index (χ3v) is 2.57. The van der Waals surface area contributed by atoms with E-state index in [1.807, 2.05) is 33.3 Å². The standard InChI is InChI=1S/C10H16N6/c1-4-8(11)9-5-16(14-12-9)10-6-15(3)13-7(10)2/h5-6,8H,4,11H2,1-3H3. The number of aryl methyl sites for hydroxylation is 2. The summed E-state index contributed by atoms with van der Waals surface area (Å²) in [5, 5.41) is 12.4. The van der Waals surface area contributed by atoms with Crippen molar-refractivity contribution in [3.63, 3.8) is 0 Å². The predicted molar refractivity (Wildman–Crippen MR) is 60.1 cm³/mol. The maximum atomic E-state index is 5.89. The van der Waals surface area contributed by atoms with Crippen LogP contribution in [0.15, 0.2) is 12.4 Å². The van der Waals surface area contributed by atoms with Gasteiger partial charge in [-0.1, -0.05) is 12.1 Å². The Balaban J connectivity index is 2.35. The van der Waals surface area contributed by atoms with Crippen LogP contribution in [0.5, 0.6) is 0 Å². The maximum Gasteiger partial charge on any atom is 0.107 e. The molecule has 0 fully saturated rings. The average Bonchev–Trinajstić information content (AvgIpc) is 2.83. The van der Waals surface area contributed by atoms with Gasteiger partial charge in [-0.2, -0.15) is 5.10 Å². The molecule has 0 aliphatic rings. The van der Waals surface area contributed by atoms with Crippen LogP contribution < -0.4 is 5.73 Å². The van der Waals surface area contributed by atoms with Crippen LogP contribution in [-0.2, 0) is 7.05 Å². The minimum Gasteiger partial charge on any atom is -0.323 e. The molecule has 2 rings (SSSR count). The van der Waals surface area contributed by atoms with Gasteiger partial charge in [-0.25, -0.2) is 4.68 Å². The second kappa shape index (κ2) is 4.05. The molecule has 2 aromatic heterocycles. The second-order valence-electron chi connectivity index (χ2n) is 3.88.